The summed E-state index contributed by atoms with van der Waals surface area (Å²) in [6, 6.07) is 6.09. The van der Waals surface area contributed by atoms with Gasteiger partial charge in [-0.1, -0.05) is 6.07 Å². The van der Waals surface area contributed by atoms with Crippen molar-refractivity contribution in [2.24, 2.45) is 5.84 Å². The summed E-state index contributed by atoms with van der Waals surface area (Å²) in [5.74, 6) is 5.68. The lowest BCUT2D eigenvalue weighted by Crippen LogP contribution is -2.10. The van der Waals surface area contributed by atoms with E-state index in [0.717, 1.165) is 25.7 Å². The number of nitrogen functional groups attached to an aromatic ring is 1. The summed E-state index contributed by atoms with van der Waals surface area (Å²) < 4.78 is 0.790. The van der Waals surface area contributed by atoms with Gasteiger partial charge in [-0.3, -0.25) is 5.43 Å². The predicted octanol–water partition coefficient (Wildman–Crippen LogP) is 2.86. The van der Waals surface area contributed by atoms with Crippen LogP contribution in [-0.4, -0.2) is 19.9 Å². The average molecular weight is 351 g/mol. The van der Waals surface area contributed by atoms with Gasteiger partial charge in [-0.2, -0.15) is 0 Å². The number of hydrogen-bond acceptors (Lipinski definition) is 6. The Balaban J connectivity index is 1.96. The van der Waals surface area contributed by atoms with Crippen LogP contribution in [0.1, 0.15) is 5.56 Å². The third-order valence-corrected chi connectivity index (χ3v) is 4.38. The predicted molar refractivity (Wildman–Crippen MR) is 82.5 cm³/mol. The topological polar surface area (TPSA) is 92.5 Å². The number of fused-ring (bicyclic) bond motifs is 1. The number of nitrogens with one attached hydrogen (secondary N) is 2. The average Bonchev–Trinajstić information content (AvgIpc) is 2.82. The molecule has 0 saturated carbocycles. The van der Waals surface area contributed by atoms with Gasteiger partial charge in [0.15, 0.2) is 5.16 Å². The van der Waals surface area contributed by atoms with E-state index < -0.39 is 0 Å². The third-order valence-electron chi connectivity index (χ3n) is 2.65. The van der Waals surface area contributed by atoms with Gasteiger partial charge in [0.2, 0.25) is 5.95 Å². The Morgan fingerprint density at radius 3 is 3.00 bits per heavy atom. The summed E-state index contributed by atoms with van der Waals surface area (Å²) in [5.41, 5.74) is 5.56. The van der Waals surface area contributed by atoms with Gasteiger partial charge in [0.05, 0.1) is 15.5 Å². The highest BCUT2D eigenvalue weighted by Gasteiger charge is 2.10. The molecule has 4 N–H and O–H groups in total. The first-order valence-electron chi connectivity index (χ1n) is 5.79. The molecule has 6 nitrogen and oxygen atoms in total. The van der Waals surface area contributed by atoms with Crippen molar-refractivity contribution in [2.45, 2.75) is 17.1 Å². The molecule has 0 saturated heterocycles. The van der Waals surface area contributed by atoms with Crippen LogP contribution in [0.25, 0.3) is 11.0 Å². The van der Waals surface area contributed by atoms with E-state index in [-0.39, 0.29) is 0 Å². The summed E-state index contributed by atoms with van der Waals surface area (Å²) >= 11 is 4.83. The molecular formula is C12H11BrN6S. The minimum absolute atomic E-state index is 0.364. The molecule has 0 fully saturated rings. The van der Waals surface area contributed by atoms with Gasteiger partial charge in [-0.25, -0.2) is 20.8 Å². The monoisotopic (exact) mass is 350 g/mol. The maximum atomic E-state index is 5.32. The molecule has 0 aliphatic heterocycles. The van der Waals surface area contributed by atoms with Crippen LogP contribution in [0.2, 0.25) is 0 Å². The summed E-state index contributed by atoms with van der Waals surface area (Å²) in [7, 11) is 0. The van der Waals surface area contributed by atoms with Crippen molar-refractivity contribution in [2.75, 3.05) is 5.43 Å². The number of rotatable bonds is 3. The largest absolute Gasteiger partial charge is 0.333 e. The van der Waals surface area contributed by atoms with Crippen molar-refractivity contribution in [3.8, 4) is 0 Å². The van der Waals surface area contributed by atoms with Crippen molar-refractivity contribution in [3.63, 3.8) is 0 Å². The van der Waals surface area contributed by atoms with Crippen LogP contribution >= 0.6 is 27.7 Å². The number of hydrazine groups is 1. The van der Waals surface area contributed by atoms with Gasteiger partial charge in [0, 0.05) is 6.20 Å². The number of nitrogens with two attached hydrogens (primary N) is 1. The van der Waals surface area contributed by atoms with Crippen LogP contribution in [0.15, 0.2) is 39.1 Å². The highest BCUT2D eigenvalue weighted by Crippen LogP contribution is 2.31. The lowest BCUT2D eigenvalue weighted by atomic mass is 10.2. The fourth-order valence-corrected chi connectivity index (χ4v) is 2.94. The van der Waals surface area contributed by atoms with Crippen molar-refractivity contribution in [1.82, 2.24) is 19.9 Å². The molecule has 3 aromatic rings. The number of benzene rings is 1. The molecule has 3 rings (SSSR count). The number of halogens is 1. The molecule has 2 aromatic heterocycles. The molecule has 0 radical (unpaired) electrons. The lowest BCUT2D eigenvalue weighted by molar-refractivity contribution is 0.996. The van der Waals surface area contributed by atoms with Crippen LogP contribution in [0, 0.1) is 6.92 Å². The normalized spacial score (nSPS) is 10.9. The number of imidazole rings is 1. The lowest BCUT2D eigenvalue weighted by Gasteiger charge is -2.03. The molecular weight excluding hydrogens is 340 g/mol. The molecule has 0 unspecified atom stereocenters. The second kappa shape index (κ2) is 5.39. The Hall–Kier alpha value is -1.64. The Bertz CT molecular complexity index is 772. The van der Waals surface area contributed by atoms with Gasteiger partial charge < -0.3 is 4.98 Å². The van der Waals surface area contributed by atoms with Crippen LogP contribution in [0.5, 0.6) is 0 Å². The molecule has 2 heterocycles. The molecule has 0 aliphatic rings. The van der Waals surface area contributed by atoms with E-state index >= 15 is 0 Å². The van der Waals surface area contributed by atoms with E-state index in [1.54, 1.807) is 6.20 Å². The first-order valence-corrected chi connectivity index (χ1v) is 7.40. The fraction of sp³-hybridized carbons (Fsp3) is 0.0833. The third kappa shape index (κ3) is 2.62. The summed E-state index contributed by atoms with van der Waals surface area (Å²) in [6.45, 7) is 2.05. The molecule has 8 heteroatoms. The number of aryl methyl sites for hydroxylation is 1. The maximum Gasteiger partial charge on any atom is 0.238 e. The van der Waals surface area contributed by atoms with Gasteiger partial charge in [-0.15, -0.1) is 0 Å². The second-order valence-corrected chi connectivity index (χ2v) is 5.99. The summed E-state index contributed by atoms with van der Waals surface area (Å²) in [5, 5.41) is 1.51. The van der Waals surface area contributed by atoms with E-state index in [1.807, 2.05) is 19.1 Å². The van der Waals surface area contributed by atoms with Crippen molar-refractivity contribution >= 4 is 44.7 Å². The number of aromatic nitrogens is 4. The summed E-state index contributed by atoms with van der Waals surface area (Å²) in [4.78, 5) is 16.1. The summed E-state index contributed by atoms with van der Waals surface area (Å²) in [6.07, 6.45) is 1.65. The minimum atomic E-state index is 0.364. The van der Waals surface area contributed by atoms with E-state index in [4.69, 9.17) is 5.84 Å². The number of hydrogen-bond donors (Lipinski definition) is 3. The van der Waals surface area contributed by atoms with Crippen LogP contribution < -0.4 is 11.3 Å². The Morgan fingerprint density at radius 1 is 1.35 bits per heavy atom. The minimum Gasteiger partial charge on any atom is -0.333 e. The highest BCUT2D eigenvalue weighted by atomic mass is 79.9. The SMILES string of the molecule is Cc1ccc2nc(Sc3nc(NN)ncc3Br)[nH]c2c1. The molecule has 20 heavy (non-hydrogen) atoms. The maximum absolute atomic E-state index is 5.32. The molecule has 102 valence electrons. The Morgan fingerprint density at radius 2 is 2.20 bits per heavy atom. The van der Waals surface area contributed by atoms with Gasteiger partial charge in [0.1, 0.15) is 5.03 Å². The Labute approximate surface area is 127 Å². The quantitative estimate of drug-likeness (QED) is 0.382. The van der Waals surface area contributed by atoms with Crippen LogP contribution in [0.4, 0.5) is 5.95 Å². The van der Waals surface area contributed by atoms with Crippen LogP contribution in [-0.2, 0) is 0 Å². The first kappa shape index (κ1) is 13.3. The molecule has 0 amide bonds. The zero-order chi connectivity index (χ0) is 14.1. The van der Waals surface area contributed by atoms with E-state index in [2.05, 4.69) is 47.4 Å². The fourth-order valence-electron chi connectivity index (χ4n) is 1.73. The number of aromatic amines is 1. The number of nitrogens with zero attached hydrogens (tertiary/aromatic N) is 3. The molecule has 0 spiro atoms. The van der Waals surface area contributed by atoms with Gasteiger partial charge in [-0.05, 0) is 52.3 Å². The van der Waals surface area contributed by atoms with E-state index in [1.165, 1.54) is 17.3 Å². The van der Waals surface area contributed by atoms with Crippen LogP contribution in [0.3, 0.4) is 0 Å². The molecule has 1 aromatic carbocycles. The van der Waals surface area contributed by atoms with Gasteiger partial charge in [0.25, 0.3) is 0 Å². The molecule has 0 bridgehead atoms. The Kier molecular flexibility index (Phi) is 3.60. The number of H-pyrrole nitrogens is 1. The van der Waals surface area contributed by atoms with Crippen molar-refractivity contribution in [3.05, 3.63) is 34.4 Å². The zero-order valence-corrected chi connectivity index (χ0v) is 12.9. The van der Waals surface area contributed by atoms with Crippen molar-refractivity contribution < 1.29 is 0 Å². The molecule has 0 aliphatic carbocycles. The van der Waals surface area contributed by atoms with Gasteiger partial charge >= 0.3 is 0 Å². The standard InChI is InChI=1S/C12H11BrN6S/c1-6-2-3-8-9(4-6)17-12(16-8)20-10-7(13)5-15-11(18-10)19-14/h2-5H,14H2,1H3,(H,16,17)(H,15,18,19). The van der Waals surface area contributed by atoms with Crippen molar-refractivity contribution in [1.29, 1.82) is 0 Å². The van der Waals surface area contributed by atoms with E-state index in [9.17, 15) is 0 Å². The first-order chi connectivity index (χ1) is 9.65. The zero-order valence-electron chi connectivity index (χ0n) is 10.5. The second-order valence-electron chi connectivity index (χ2n) is 4.16. The highest BCUT2D eigenvalue weighted by molar-refractivity contribution is 9.10. The van der Waals surface area contributed by atoms with E-state index in [0.29, 0.717) is 5.95 Å². The molecule has 0 atom stereocenters. The smallest absolute Gasteiger partial charge is 0.238 e. The number of anilines is 1.